The molecular formula is C14H8ClF4NO2. The molecule has 22 heavy (non-hydrogen) atoms. The number of ether oxygens (including phenoxy) is 1. The Kier molecular flexibility index (Phi) is 4.56. The van der Waals surface area contributed by atoms with Crippen LogP contribution in [-0.2, 0) is 0 Å². The van der Waals surface area contributed by atoms with E-state index in [1.54, 1.807) is 0 Å². The van der Waals surface area contributed by atoms with Gasteiger partial charge in [0.25, 0.3) is 5.91 Å². The summed E-state index contributed by atoms with van der Waals surface area (Å²) >= 11 is 5.74. The first-order valence-electron chi connectivity index (χ1n) is 5.87. The second-order valence-electron chi connectivity index (χ2n) is 4.12. The Balaban J connectivity index is 2.12. The number of halogens is 5. The van der Waals surface area contributed by atoms with Crippen LogP contribution in [0, 0.1) is 5.82 Å². The normalized spacial score (nSPS) is 11.1. The summed E-state index contributed by atoms with van der Waals surface area (Å²) in [6.45, 7) is 0. The second kappa shape index (κ2) is 6.23. The molecule has 2 aromatic rings. The largest absolute Gasteiger partial charge is 0.573 e. The monoisotopic (exact) mass is 333 g/mol. The molecule has 0 atom stereocenters. The number of anilines is 1. The zero-order valence-electron chi connectivity index (χ0n) is 10.7. The van der Waals surface area contributed by atoms with Gasteiger partial charge in [-0.1, -0.05) is 17.7 Å². The summed E-state index contributed by atoms with van der Waals surface area (Å²) in [5.74, 6) is -2.05. The van der Waals surface area contributed by atoms with Gasteiger partial charge in [0.2, 0.25) is 0 Å². The Morgan fingerprint density at radius 1 is 1.09 bits per heavy atom. The first-order valence-corrected chi connectivity index (χ1v) is 6.25. The lowest BCUT2D eigenvalue weighted by Gasteiger charge is -2.10. The molecule has 0 saturated heterocycles. The van der Waals surface area contributed by atoms with Crippen molar-refractivity contribution in [3.63, 3.8) is 0 Å². The second-order valence-corrected chi connectivity index (χ2v) is 4.53. The third-order valence-electron chi connectivity index (χ3n) is 2.54. The Bertz CT molecular complexity index is 666. The maximum atomic E-state index is 13.6. The quantitative estimate of drug-likeness (QED) is 0.832. The van der Waals surface area contributed by atoms with Crippen LogP contribution in [0.5, 0.6) is 5.75 Å². The van der Waals surface area contributed by atoms with E-state index in [2.05, 4.69) is 10.1 Å². The molecule has 0 bridgehead atoms. The highest BCUT2D eigenvalue weighted by Crippen LogP contribution is 2.25. The van der Waals surface area contributed by atoms with Crippen molar-refractivity contribution in [1.82, 2.24) is 0 Å². The van der Waals surface area contributed by atoms with Gasteiger partial charge in [0, 0.05) is 5.69 Å². The zero-order valence-corrected chi connectivity index (χ0v) is 11.5. The fraction of sp³-hybridized carbons (Fsp3) is 0.0714. The number of amides is 1. The molecule has 0 spiro atoms. The molecule has 0 aliphatic carbocycles. The number of hydrogen-bond acceptors (Lipinski definition) is 2. The molecule has 0 radical (unpaired) electrons. The van der Waals surface area contributed by atoms with Crippen LogP contribution in [-0.4, -0.2) is 12.3 Å². The molecular weight excluding hydrogens is 326 g/mol. The maximum absolute atomic E-state index is 13.6. The zero-order chi connectivity index (χ0) is 16.3. The lowest BCUT2D eigenvalue weighted by Crippen LogP contribution is -2.17. The van der Waals surface area contributed by atoms with Crippen molar-refractivity contribution in [2.75, 3.05) is 5.32 Å². The van der Waals surface area contributed by atoms with E-state index in [1.807, 2.05) is 0 Å². The van der Waals surface area contributed by atoms with Crippen LogP contribution in [0.15, 0.2) is 42.5 Å². The summed E-state index contributed by atoms with van der Waals surface area (Å²) < 4.78 is 53.3. The third kappa shape index (κ3) is 4.11. The number of benzene rings is 2. The van der Waals surface area contributed by atoms with Crippen molar-refractivity contribution in [3.8, 4) is 5.75 Å². The van der Waals surface area contributed by atoms with Gasteiger partial charge >= 0.3 is 6.36 Å². The van der Waals surface area contributed by atoms with Gasteiger partial charge in [-0.3, -0.25) is 4.79 Å². The van der Waals surface area contributed by atoms with Gasteiger partial charge < -0.3 is 10.1 Å². The van der Waals surface area contributed by atoms with Crippen LogP contribution in [0.2, 0.25) is 5.02 Å². The Morgan fingerprint density at radius 3 is 2.27 bits per heavy atom. The molecule has 1 amide bonds. The highest BCUT2D eigenvalue weighted by Gasteiger charge is 2.31. The smallest absolute Gasteiger partial charge is 0.406 e. The fourth-order valence-electron chi connectivity index (χ4n) is 1.65. The minimum Gasteiger partial charge on any atom is -0.406 e. The molecule has 2 aromatic carbocycles. The highest BCUT2D eigenvalue weighted by molar-refractivity contribution is 6.34. The highest BCUT2D eigenvalue weighted by atomic mass is 35.5. The van der Waals surface area contributed by atoms with Crippen molar-refractivity contribution in [1.29, 1.82) is 0 Å². The van der Waals surface area contributed by atoms with E-state index in [-0.39, 0.29) is 16.3 Å². The van der Waals surface area contributed by atoms with E-state index in [4.69, 9.17) is 11.6 Å². The van der Waals surface area contributed by atoms with E-state index < -0.39 is 23.8 Å². The average Bonchev–Trinajstić information content (AvgIpc) is 2.39. The predicted molar refractivity (Wildman–Crippen MR) is 72.5 cm³/mol. The molecule has 0 saturated carbocycles. The first kappa shape index (κ1) is 16.1. The van der Waals surface area contributed by atoms with Crippen molar-refractivity contribution >= 4 is 23.2 Å². The van der Waals surface area contributed by atoms with E-state index in [0.717, 1.165) is 18.2 Å². The molecule has 0 fully saturated rings. The number of carbonyl (C=O) groups is 1. The lowest BCUT2D eigenvalue weighted by atomic mass is 10.2. The van der Waals surface area contributed by atoms with E-state index in [1.165, 1.54) is 24.3 Å². The molecule has 116 valence electrons. The summed E-state index contributed by atoms with van der Waals surface area (Å²) in [6.07, 6.45) is -4.80. The molecule has 0 heterocycles. The van der Waals surface area contributed by atoms with Gasteiger partial charge in [-0.25, -0.2) is 4.39 Å². The number of nitrogens with one attached hydrogen (secondary N) is 1. The molecule has 8 heteroatoms. The van der Waals surface area contributed by atoms with Crippen LogP contribution >= 0.6 is 11.6 Å². The summed E-state index contributed by atoms with van der Waals surface area (Å²) in [5.41, 5.74) is -0.182. The Hall–Kier alpha value is -2.28. The number of rotatable bonds is 3. The topological polar surface area (TPSA) is 38.3 Å². The summed E-state index contributed by atoms with van der Waals surface area (Å²) in [4.78, 5) is 11.9. The van der Waals surface area contributed by atoms with E-state index in [9.17, 15) is 22.4 Å². The molecule has 0 aliphatic heterocycles. The van der Waals surface area contributed by atoms with Crippen LogP contribution in [0.25, 0.3) is 0 Å². The van der Waals surface area contributed by atoms with Gasteiger partial charge in [0.1, 0.15) is 11.6 Å². The number of carbonyl (C=O) groups excluding carboxylic acids is 1. The molecule has 0 unspecified atom stereocenters. The van der Waals surface area contributed by atoms with Crippen molar-refractivity contribution in [3.05, 3.63) is 58.9 Å². The molecule has 2 rings (SSSR count). The Morgan fingerprint density at radius 2 is 1.73 bits per heavy atom. The van der Waals surface area contributed by atoms with Crippen LogP contribution < -0.4 is 10.1 Å². The van der Waals surface area contributed by atoms with E-state index in [0.29, 0.717) is 0 Å². The van der Waals surface area contributed by atoms with Gasteiger partial charge in [-0.15, -0.1) is 13.2 Å². The third-order valence-corrected chi connectivity index (χ3v) is 2.85. The molecule has 3 nitrogen and oxygen atoms in total. The average molecular weight is 334 g/mol. The van der Waals surface area contributed by atoms with Gasteiger partial charge in [-0.05, 0) is 36.4 Å². The van der Waals surface area contributed by atoms with E-state index >= 15 is 0 Å². The van der Waals surface area contributed by atoms with Crippen LogP contribution in [0.4, 0.5) is 23.2 Å². The number of alkyl halides is 3. The van der Waals surface area contributed by atoms with Gasteiger partial charge in [0.15, 0.2) is 0 Å². The van der Waals surface area contributed by atoms with Gasteiger partial charge in [-0.2, -0.15) is 0 Å². The summed E-state index contributed by atoms with van der Waals surface area (Å²) in [5, 5.41) is 2.26. The summed E-state index contributed by atoms with van der Waals surface area (Å²) in [6, 6.07) is 8.18. The van der Waals surface area contributed by atoms with Crippen molar-refractivity contribution in [2.45, 2.75) is 6.36 Å². The SMILES string of the molecule is O=C(Nc1ccc(OC(F)(F)F)cc1)c1c(F)cccc1Cl. The van der Waals surface area contributed by atoms with Crippen LogP contribution in [0.3, 0.4) is 0 Å². The van der Waals surface area contributed by atoms with Gasteiger partial charge in [0.05, 0.1) is 10.6 Å². The minimum atomic E-state index is -4.80. The summed E-state index contributed by atoms with van der Waals surface area (Å²) in [7, 11) is 0. The van der Waals surface area contributed by atoms with Crippen molar-refractivity contribution in [2.24, 2.45) is 0 Å². The van der Waals surface area contributed by atoms with Crippen molar-refractivity contribution < 1.29 is 27.1 Å². The van der Waals surface area contributed by atoms with Crippen LogP contribution in [0.1, 0.15) is 10.4 Å². The standard InChI is InChI=1S/C14H8ClF4NO2/c15-10-2-1-3-11(16)12(10)13(21)20-8-4-6-9(7-5-8)22-14(17,18)19/h1-7H,(H,20,21). The molecule has 0 aromatic heterocycles. The minimum absolute atomic E-state index is 0.0745. The maximum Gasteiger partial charge on any atom is 0.573 e. The number of hydrogen-bond donors (Lipinski definition) is 1. The fourth-order valence-corrected chi connectivity index (χ4v) is 1.90. The Labute approximate surface area is 127 Å². The molecule has 1 N–H and O–H groups in total. The first-order chi connectivity index (χ1) is 10.3. The predicted octanol–water partition coefficient (Wildman–Crippen LogP) is 4.63. The molecule has 0 aliphatic rings. The lowest BCUT2D eigenvalue weighted by molar-refractivity contribution is -0.274.